The third kappa shape index (κ3) is 5.03. The van der Waals surface area contributed by atoms with Crippen LogP contribution in [0.1, 0.15) is 17.2 Å². The summed E-state index contributed by atoms with van der Waals surface area (Å²) in [6, 6.07) is 20.8. The number of carbonyl (C=O) groups excluding carboxylic acids is 1. The van der Waals surface area contributed by atoms with E-state index >= 15 is 0 Å². The average molecular weight is 442 g/mol. The number of anilines is 1. The zero-order valence-corrected chi connectivity index (χ0v) is 17.5. The van der Waals surface area contributed by atoms with Gasteiger partial charge in [-0.05, 0) is 35.4 Å². The molecule has 160 valence electrons. The predicted octanol–water partition coefficient (Wildman–Crippen LogP) is 5.56. The molecule has 0 spiro atoms. The quantitative estimate of drug-likeness (QED) is 0.575. The molecule has 0 radical (unpaired) electrons. The molecule has 31 heavy (non-hydrogen) atoms. The Morgan fingerprint density at radius 2 is 1.52 bits per heavy atom. The molecule has 3 aromatic carbocycles. The molecule has 0 aromatic heterocycles. The smallest absolute Gasteiger partial charge is 0.322 e. The molecule has 2 amide bonds. The Bertz CT molecular complexity index is 1040. The third-order valence-corrected chi connectivity index (χ3v) is 5.69. The standard InChI is InChI=1S/C24H22ClF2N3O/c25-19-8-6-18(7-9-19)23(17-4-2-1-3-5-17)29-12-14-30(15-13-29)24(31)28-22-11-10-20(26)16-21(22)27/h1-11,16,23H,12-15H2,(H,28,31)/t23-/m1/s1. The minimum Gasteiger partial charge on any atom is -0.322 e. The van der Waals surface area contributed by atoms with Crippen LogP contribution in [-0.4, -0.2) is 42.0 Å². The van der Waals surface area contributed by atoms with Gasteiger partial charge >= 0.3 is 6.03 Å². The lowest BCUT2D eigenvalue weighted by atomic mass is 9.96. The van der Waals surface area contributed by atoms with Gasteiger partial charge in [-0.1, -0.05) is 54.1 Å². The number of nitrogens with one attached hydrogen (secondary N) is 1. The van der Waals surface area contributed by atoms with E-state index in [1.165, 1.54) is 6.07 Å². The molecular formula is C24H22ClF2N3O. The van der Waals surface area contributed by atoms with Crippen molar-refractivity contribution in [1.82, 2.24) is 9.80 Å². The summed E-state index contributed by atoms with van der Waals surface area (Å²) in [5, 5.41) is 3.22. The molecule has 1 aliphatic rings. The van der Waals surface area contributed by atoms with E-state index in [1.807, 2.05) is 42.5 Å². The number of rotatable bonds is 4. The van der Waals surface area contributed by atoms with E-state index in [2.05, 4.69) is 22.3 Å². The zero-order valence-electron chi connectivity index (χ0n) is 16.8. The molecule has 1 fully saturated rings. The van der Waals surface area contributed by atoms with Crippen LogP contribution in [0.3, 0.4) is 0 Å². The maximum absolute atomic E-state index is 13.9. The van der Waals surface area contributed by atoms with Crippen LogP contribution >= 0.6 is 11.6 Å². The largest absolute Gasteiger partial charge is 0.322 e. The molecule has 0 aliphatic carbocycles. The molecule has 1 N–H and O–H groups in total. The van der Waals surface area contributed by atoms with Crippen LogP contribution in [0.5, 0.6) is 0 Å². The van der Waals surface area contributed by atoms with E-state index in [0.29, 0.717) is 31.2 Å². The van der Waals surface area contributed by atoms with Gasteiger partial charge < -0.3 is 10.2 Å². The summed E-state index contributed by atoms with van der Waals surface area (Å²) in [6.45, 7) is 2.29. The number of piperazine rings is 1. The van der Waals surface area contributed by atoms with Crippen LogP contribution in [0.2, 0.25) is 5.02 Å². The highest BCUT2D eigenvalue weighted by Gasteiger charge is 2.28. The second-order valence-electron chi connectivity index (χ2n) is 7.44. The minimum absolute atomic E-state index is 0.0304. The highest BCUT2D eigenvalue weighted by Crippen LogP contribution is 2.30. The van der Waals surface area contributed by atoms with Gasteiger partial charge in [-0.3, -0.25) is 4.90 Å². The molecule has 7 heteroatoms. The van der Waals surface area contributed by atoms with Gasteiger partial charge in [-0.15, -0.1) is 0 Å². The molecule has 1 heterocycles. The van der Waals surface area contributed by atoms with Crippen LogP contribution in [0.4, 0.5) is 19.3 Å². The van der Waals surface area contributed by atoms with Gasteiger partial charge in [0.25, 0.3) is 0 Å². The van der Waals surface area contributed by atoms with Crippen molar-refractivity contribution in [3.8, 4) is 0 Å². The minimum atomic E-state index is -0.793. The first-order chi connectivity index (χ1) is 15.0. The average Bonchev–Trinajstić information content (AvgIpc) is 2.78. The Morgan fingerprint density at radius 1 is 0.871 bits per heavy atom. The number of halogens is 3. The molecule has 1 saturated heterocycles. The summed E-state index contributed by atoms with van der Waals surface area (Å²) in [5.41, 5.74) is 2.26. The first kappa shape index (κ1) is 21.3. The van der Waals surface area contributed by atoms with Gasteiger partial charge in [0.05, 0.1) is 11.7 Å². The second kappa shape index (κ2) is 9.45. The van der Waals surface area contributed by atoms with Gasteiger partial charge in [0.2, 0.25) is 0 Å². The maximum Gasteiger partial charge on any atom is 0.322 e. The van der Waals surface area contributed by atoms with Crippen LogP contribution in [0.15, 0.2) is 72.8 Å². The summed E-state index contributed by atoms with van der Waals surface area (Å²) in [6.07, 6.45) is 0. The molecule has 0 saturated carbocycles. The Labute approximate surface area is 185 Å². The Kier molecular flexibility index (Phi) is 6.49. The Hall–Kier alpha value is -2.96. The summed E-state index contributed by atoms with van der Waals surface area (Å²) < 4.78 is 26.9. The molecule has 4 nitrogen and oxygen atoms in total. The van der Waals surface area contributed by atoms with Crippen LogP contribution < -0.4 is 5.32 Å². The SMILES string of the molecule is O=C(Nc1ccc(F)cc1F)N1CCN([C@H](c2ccccc2)c2ccc(Cl)cc2)CC1. The predicted molar refractivity (Wildman–Crippen MR) is 118 cm³/mol. The van der Waals surface area contributed by atoms with Gasteiger partial charge in [0.15, 0.2) is 0 Å². The lowest BCUT2D eigenvalue weighted by Crippen LogP contribution is -2.51. The van der Waals surface area contributed by atoms with Crippen molar-refractivity contribution in [1.29, 1.82) is 0 Å². The van der Waals surface area contributed by atoms with Crippen molar-refractivity contribution in [2.24, 2.45) is 0 Å². The van der Waals surface area contributed by atoms with E-state index in [9.17, 15) is 13.6 Å². The fraction of sp³-hybridized carbons (Fsp3) is 0.208. The maximum atomic E-state index is 13.9. The fourth-order valence-corrected chi connectivity index (χ4v) is 3.99. The van der Waals surface area contributed by atoms with Crippen molar-refractivity contribution >= 4 is 23.3 Å². The molecule has 0 bridgehead atoms. The number of hydrogen-bond donors (Lipinski definition) is 1. The van der Waals surface area contributed by atoms with Gasteiger partial charge in [-0.25, -0.2) is 13.6 Å². The normalized spacial score (nSPS) is 15.5. The molecule has 4 rings (SSSR count). The molecule has 3 aromatic rings. The highest BCUT2D eigenvalue weighted by atomic mass is 35.5. The van der Waals surface area contributed by atoms with Gasteiger partial charge in [0, 0.05) is 37.3 Å². The topological polar surface area (TPSA) is 35.6 Å². The summed E-state index contributed by atoms with van der Waals surface area (Å²) in [7, 11) is 0. The second-order valence-corrected chi connectivity index (χ2v) is 7.88. The van der Waals surface area contributed by atoms with E-state index in [0.717, 1.165) is 23.3 Å². The number of amides is 2. The molecule has 1 aliphatic heterocycles. The number of hydrogen-bond acceptors (Lipinski definition) is 2. The van der Waals surface area contributed by atoms with Crippen LogP contribution in [-0.2, 0) is 0 Å². The van der Waals surface area contributed by atoms with E-state index in [1.54, 1.807) is 4.90 Å². The van der Waals surface area contributed by atoms with Crippen molar-refractivity contribution in [3.63, 3.8) is 0 Å². The summed E-state index contributed by atoms with van der Waals surface area (Å²) in [4.78, 5) is 16.5. The summed E-state index contributed by atoms with van der Waals surface area (Å²) >= 11 is 6.08. The first-order valence-electron chi connectivity index (χ1n) is 10.1. The molecular weight excluding hydrogens is 420 g/mol. The zero-order chi connectivity index (χ0) is 21.8. The van der Waals surface area contributed by atoms with Crippen LogP contribution in [0.25, 0.3) is 0 Å². The monoisotopic (exact) mass is 441 g/mol. The third-order valence-electron chi connectivity index (χ3n) is 5.44. The Morgan fingerprint density at radius 3 is 2.16 bits per heavy atom. The highest BCUT2D eigenvalue weighted by molar-refractivity contribution is 6.30. The lowest BCUT2D eigenvalue weighted by Gasteiger charge is -2.39. The van der Waals surface area contributed by atoms with Crippen molar-refractivity contribution < 1.29 is 13.6 Å². The Balaban J connectivity index is 1.46. The van der Waals surface area contributed by atoms with Gasteiger partial charge in [0.1, 0.15) is 11.6 Å². The number of carbonyl (C=O) groups is 1. The fourth-order valence-electron chi connectivity index (χ4n) is 3.86. The van der Waals surface area contributed by atoms with Gasteiger partial charge in [-0.2, -0.15) is 0 Å². The molecule has 1 atom stereocenters. The molecule has 0 unspecified atom stereocenters. The van der Waals surface area contributed by atoms with E-state index in [4.69, 9.17) is 11.6 Å². The summed E-state index contributed by atoms with van der Waals surface area (Å²) in [5.74, 6) is -1.47. The van der Waals surface area contributed by atoms with E-state index < -0.39 is 17.7 Å². The van der Waals surface area contributed by atoms with Crippen molar-refractivity contribution in [2.45, 2.75) is 6.04 Å². The lowest BCUT2D eigenvalue weighted by molar-refractivity contribution is 0.126. The van der Waals surface area contributed by atoms with Crippen molar-refractivity contribution in [2.75, 3.05) is 31.5 Å². The van der Waals surface area contributed by atoms with Crippen molar-refractivity contribution in [3.05, 3.63) is 101 Å². The number of nitrogens with zero attached hydrogens (tertiary/aromatic N) is 2. The van der Waals surface area contributed by atoms with E-state index in [-0.39, 0.29) is 11.7 Å². The number of urea groups is 1. The number of benzene rings is 3. The first-order valence-corrected chi connectivity index (χ1v) is 10.4. The van der Waals surface area contributed by atoms with Crippen LogP contribution in [0, 0.1) is 11.6 Å².